The molecule has 0 bridgehead atoms. The summed E-state index contributed by atoms with van der Waals surface area (Å²) >= 11 is 0. The van der Waals surface area contributed by atoms with Gasteiger partial charge < -0.3 is 15.3 Å². The molecule has 1 unspecified atom stereocenters. The van der Waals surface area contributed by atoms with E-state index in [0.717, 1.165) is 39.0 Å². The molecule has 1 saturated carbocycles. The maximum atomic E-state index is 11.9. The first-order valence-corrected chi connectivity index (χ1v) is 5.35. The highest BCUT2D eigenvalue weighted by Gasteiger charge is 2.47. The first kappa shape index (κ1) is 9.93. The van der Waals surface area contributed by atoms with E-state index >= 15 is 0 Å². The summed E-state index contributed by atoms with van der Waals surface area (Å²) in [4.78, 5) is 13.7. The topological polar surface area (TPSA) is 52.6 Å². The summed E-state index contributed by atoms with van der Waals surface area (Å²) in [5, 5.41) is 13.3. The predicted octanol–water partition coefficient (Wildman–Crippen LogP) is -0.421. The first-order valence-electron chi connectivity index (χ1n) is 5.35. The molecule has 0 aromatic rings. The SMILES string of the molecule is CC(O)(C(=O)N1CCNCC1)C1CC1. The molecule has 80 valence electrons. The summed E-state index contributed by atoms with van der Waals surface area (Å²) in [6, 6.07) is 0. The van der Waals surface area contributed by atoms with Gasteiger partial charge in [0.1, 0.15) is 5.60 Å². The number of aliphatic hydroxyl groups is 1. The molecule has 2 N–H and O–H groups in total. The van der Waals surface area contributed by atoms with Gasteiger partial charge in [0.2, 0.25) is 0 Å². The van der Waals surface area contributed by atoms with Crippen LogP contribution in [0.5, 0.6) is 0 Å². The van der Waals surface area contributed by atoms with E-state index in [4.69, 9.17) is 0 Å². The Balaban J connectivity index is 1.98. The molecule has 2 rings (SSSR count). The van der Waals surface area contributed by atoms with E-state index in [1.165, 1.54) is 0 Å². The van der Waals surface area contributed by atoms with Gasteiger partial charge in [-0.05, 0) is 25.7 Å². The largest absolute Gasteiger partial charge is 0.380 e. The van der Waals surface area contributed by atoms with Gasteiger partial charge in [0.05, 0.1) is 0 Å². The maximum Gasteiger partial charge on any atom is 0.254 e. The Morgan fingerprint density at radius 3 is 2.50 bits per heavy atom. The van der Waals surface area contributed by atoms with E-state index in [-0.39, 0.29) is 11.8 Å². The van der Waals surface area contributed by atoms with E-state index in [0.29, 0.717) is 0 Å². The second kappa shape index (κ2) is 3.51. The van der Waals surface area contributed by atoms with Gasteiger partial charge in [0.25, 0.3) is 5.91 Å². The Labute approximate surface area is 84.3 Å². The number of carbonyl (C=O) groups excluding carboxylic acids is 1. The molecule has 1 aliphatic heterocycles. The van der Waals surface area contributed by atoms with Crippen molar-refractivity contribution in [3.05, 3.63) is 0 Å². The number of rotatable bonds is 2. The Morgan fingerprint density at radius 2 is 2.00 bits per heavy atom. The maximum absolute atomic E-state index is 11.9. The molecule has 4 heteroatoms. The number of hydrogen-bond acceptors (Lipinski definition) is 3. The summed E-state index contributed by atoms with van der Waals surface area (Å²) in [7, 11) is 0. The van der Waals surface area contributed by atoms with Gasteiger partial charge in [-0.25, -0.2) is 0 Å². The van der Waals surface area contributed by atoms with Crippen molar-refractivity contribution in [2.75, 3.05) is 26.2 Å². The van der Waals surface area contributed by atoms with Crippen LogP contribution in [0.15, 0.2) is 0 Å². The highest BCUT2D eigenvalue weighted by molar-refractivity contribution is 5.85. The molecular weight excluding hydrogens is 180 g/mol. The summed E-state index contributed by atoms with van der Waals surface area (Å²) in [5.41, 5.74) is -1.11. The Hall–Kier alpha value is -0.610. The minimum Gasteiger partial charge on any atom is -0.380 e. The molecule has 1 aliphatic carbocycles. The molecule has 0 aromatic carbocycles. The van der Waals surface area contributed by atoms with Crippen molar-refractivity contribution >= 4 is 5.91 Å². The van der Waals surface area contributed by atoms with Crippen LogP contribution in [0, 0.1) is 5.92 Å². The van der Waals surface area contributed by atoms with Crippen LogP contribution in [-0.2, 0) is 4.79 Å². The number of carbonyl (C=O) groups is 1. The average Bonchev–Trinajstić information content (AvgIpc) is 3.01. The molecule has 14 heavy (non-hydrogen) atoms. The van der Waals surface area contributed by atoms with Crippen LogP contribution in [0.2, 0.25) is 0 Å². The lowest BCUT2D eigenvalue weighted by Crippen LogP contribution is -2.54. The molecule has 1 atom stereocenters. The van der Waals surface area contributed by atoms with E-state index < -0.39 is 5.60 Å². The van der Waals surface area contributed by atoms with Crippen molar-refractivity contribution in [2.45, 2.75) is 25.4 Å². The van der Waals surface area contributed by atoms with Crippen LogP contribution in [0.1, 0.15) is 19.8 Å². The molecule has 1 saturated heterocycles. The summed E-state index contributed by atoms with van der Waals surface area (Å²) in [5.74, 6) is 0.117. The van der Waals surface area contributed by atoms with Gasteiger partial charge in [0.15, 0.2) is 0 Å². The van der Waals surface area contributed by atoms with Gasteiger partial charge in [0, 0.05) is 26.2 Å². The van der Waals surface area contributed by atoms with Gasteiger partial charge >= 0.3 is 0 Å². The Kier molecular flexibility index (Phi) is 2.49. The number of hydrogen-bond donors (Lipinski definition) is 2. The van der Waals surface area contributed by atoms with Crippen molar-refractivity contribution in [3.8, 4) is 0 Å². The first-order chi connectivity index (χ1) is 6.62. The monoisotopic (exact) mass is 198 g/mol. The smallest absolute Gasteiger partial charge is 0.254 e. The molecule has 2 aliphatic rings. The zero-order valence-corrected chi connectivity index (χ0v) is 8.62. The number of piperazine rings is 1. The van der Waals surface area contributed by atoms with Crippen LogP contribution in [0.25, 0.3) is 0 Å². The molecular formula is C10H18N2O2. The zero-order chi connectivity index (χ0) is 10.2. The van der Waals surface area contributed by atoms with Crippen molar-refractivity contribution in [2.24, 2.45) is 5.92 Å². The molecule has 4 nitrogen and oxygen atoms in total. The quantitative estimate of drug-likeness (QED) is 0.633. The lowest BCUT2D eigenvalue weighted by Gasteiger charge is -2.33. The fourth-order valence-electron chi connectivity index (χ4n) is 2.01. The average molecular weight is 198 g/mol. The molecule has 1 heterocycles. The van der Waals surface area contributed by atoms with Crippen molar-refractivity contribution in [1.29, 1.82) is 0 Å². The summed E-state index contributed by atoms with van der Waals surface area (Å²) < 4.78 is 0. The number of nitrogens with one attached hydrogen (secondary N) is 1. The van der Waals surface area contributed by atoms with Crippen molar-refractivity contribution < 1.29 is 9.90 Å². The van der Waals surface area contributed by atoms with Crippen LogP contribution in [0.4, 0.5) is 0 Å². The highest BCUT2D eigenvalue weighted by atomic mass is 16.3. The van der Waals surface area contributed by atoms with Crippen molar-refractivity contribution in [3.63, 3.8) is 0 Å². The lowest BCUT2D eigenvalue weighted by molar-refractivity contribution is -0.152. The summed E-state index contributed by atoms with van der Waals surface area (Å²) in [6.07, 6.45) is 1.98. The third kappa shape index (κ3) is 1.77. The lowest BCUT2D eigenvalue weighted by atomic mass is 9.98. The fourth-order valence-corrected chi connectivity index (χ4v) is 2.01. The van der Waals surface area contributed by atoms with Gasteiger partial charge in [-0.1, -0.05) is 0 Å². The van der Waals surface area contributed by atoms with Crippen LogP contribution >= 0.6 is 0 Å². The molecule has 0 spiro atoms. The van der Waals surface area contributed by atoms with Crippen LogP contribution in [0.3, 0.4) is 0 Å². The fraction of sp³-hybridized carbons (Fsp3) is 0.900. The highest BCUT2D eigenvalue weighted by Crippen LogP contribution is 2.40. The molecule has 2 fully saturated rings. The minimum atomic E-state index is -1.11. The van der Waals surface area contributed by atoms with Crippen LogP contribution < -0.4 is 5.32 Å². The van der Waals surface area contributed by atoms with E-state index in [9.17, 15) is 9.90 Å². The van der Waals surface area contributed by atoms with Gasteiger partial charge in [-0.2, -0.15) is 0 Å². The Morgan fingerprint density at radius 1 is 1.43 bits per heavy atom. The molecule has 1 amide bonds. The predicted molar refractivity (Wildman–Crippen MR) is 52.8 cm³/mol. The molecule has 0 aromatic heterocycles. The third-order valence-corrected chi connectivity index (χ3v) is 3.21. The second-order valence-corrected chi connectivity index (χ2v) is 4.46. The van der Waals surface area contributed by atoms with Gasteiger partial charge in [-0.15, -0.1) is 0 Å². The van der Waals surface area contributed by atoms with Crippen LogP contribution in [-0.4, -0.2) is 47.7 Å². The summed E-state index contributed by atoms with van der Waals surface area (Å²) in [6.45, 7) is 4.79. The van der Waals surface area contributed by atoms with E-state index in [1.807, 2.05) is 0 Å². The van der Waals surface area contributed by atoms with E-state index in [1.54, 1.807) is 11.8 Å². The zero-order valence-electron chi connectivity index (χ0n) is 8.62. The normalized spacial score (nSPS) is 27.1. The van der Waals surface area contributed by atoms with Gasteiger partial charge in [-0.3, -0.25) is 4.79 Å². The van der Waals surface area contributed by atoms with Crippen molar-refractivity contribution in [1.82, 2.24) is 10.2 Å². The number of amides is 1. The third-order valence-electron chi connectivity index (χ3n) is 3.21. The second-order valence-electron chi connectivity index (χ2n) is 4.46. The standard InChI is InChI=1S/C10H18N2O2/c1-10(14,8-2-3-8)9(13)12-6-4-11-5-7-12/h8,11,14H,2-7H2,1H3. The minimum absolute atomic E-state index is 0.0819. The Bertz CT molecular complexity index is 230. The van der Waals surface area contributed by atoms with E-state index in [2.05, 4.69) is 5.32 Å². The number of nitrogens with zero attached hydrogens (tertiary/aromatic N) is 1. The molecule has 0 radical (unpaired) electrons.